The highest BCUT2D eigenvalue weighted by atomic mass is 15.2. The Bertz CT molecular complexity index is 3400. The molecule has 2 aliphatic rings. The first kappa shape index (κ1) is 51.9. The van der Waals surface area contributed by atoms with Crippen LogP contribution >= 0.6 is 0 Å². The highest BCUT2D eigenvalue weighted by Crippen LogP contribution is 2.48. The van der Waals surface area contributed by atoms with E-state index in [9.17, 15) is 0 Å². The van der Waals surface area contributed by atoms with Gasteiger partial charge in [-0.3, -0.25) is 0 Å². The van der Waals surface area contributed by atoms with Gasteiger partial charge in [-0.15, -0.1) is 0 Å². The minimum absolute atomic E-state index is 0.0195. The summed E-state index contributed by atoms with van der Waals surface area (Å²) in [5.74, 6) is 0.0458. The van der Waals surface area contributed by atoms with Crippen LogP contribution < -0.4 is 26.2 Å². The number of para-hydroxylation sites is 2. The molecule has 0 spiro atoms. The third-order valence-corrected chi connectivity index (χ3v) is 16.6. The molecule has 2 nitrogen and oxygen atoms in total. The van der Waals surface area contributed by atoms with Crippen molar-refractivity contribution >= 4 is 57.2 Å². The lowest BCUT2D eigenvalue weighted by Gasteiger charge is -2.40. The molecule has 0 aromatic heterocycles. The fourth-order valence-corrected chi connectivity index (χ4v) is 11.9. The Morgan fingerprint density at radius 1 is 0.427 bits per heavy atom. The van der Waals surface area contributed by atoms with Gasteiger partial charge in [-0.2, -0.15) is 0 Å². The Morgan fingerprint density at radius 3 is 1.40 bits per heavy atom. The van der Waals surface area contributed by atoms with Crippen LogP contribution in [0.15, 0.2) is 164 Å². The van der Waals surface area contributed by atoms with Gasteiger partial charge in [0.2, 0.25) is 6.71 Å². The first-order chi connectivity index (χ1) is 35.2. The third kappa shape index (κ3) is 9.71. The molecule has 8 aromatic carbocycles. The second-order valence-corrected chi connectivity index (χ2v) is 27.3. The summed E-state index contributed by atoms with van der Waals surface area (Å²) in [7, 11) is 0. The van der Waals surface area contributed by atoms with Gasteiger partial charge >= 0.3 is 0 Å². The Balaban J connectivity index is 1.36. The van der Waals surface area contributed by atoms with Gasteiger partial charge in [0.1, 0.15) is 0 Å². The van der Waals surface area contributed by atoms with Crippen molar-refractivity contribution < 1.29 is 0 Å². The largest absolute Gasteiger partial charge is 0.311 e. The minimum atomic E-state index is -0.0617. The van der Waals surface area contributed by atoms with E-state index < -0.39 is 0 Å². The van der Waals surface area contributed by atoms with Crippen LogP contribution in [-0.4, -0.2) is 6.71 Å². The van der Waals surface area contributed by atoms with Crippen molar-refractivity contribution in [2.45, 2.75) is 157 Å². The quantitative estimate of drug-likeness (QED) is 0.153. The molecule has 0 aliphatic carbocycles. The molecule has 0 amide bonds. The van der Waals surface area contributed by atoms with E-state index in [4.69, 9.17) is 0 Å². The molecule has 0 fully saturated rings. The standard InChI is InChI=1S/C72H81BN2/c1-46-22-18-20-24-63(46)75(64-25-21-19-23-47(64)2)56-40-49-41-60(57-37-32-52(70(9,10)11)42-59(57)48-26-28-50(29-27-48)68(3,4)5)58-38-33-53(71(12,13)14)43-61(58)73-62-44-54(72(15,16)17)34-39-65(62)74(66(45-56)67(49)73)55-35-30-51(31-36-55)69(6,7)8/h18-40,42-45,60H,41H2,1-17H3. The summed E-state index contributed by atoms with van der Waals surface area (Å²) < 4.78 is 0. The fourth-order valence-electron chi connectivity index (χ4n) is 11.9. The van der Waals surface area contributed by atoms with Crippen molar-refractivity contribution in [3.8, 4) is 11.1 Å². The van der Waals surface area contributed by atoms with E-state index in [1.54, 1.807) is 0 Å². The van der Waals surface area contributed by atoms with E-state index in [0.29, 0.717) is 0 Å². The van der Waals surface area contributed by atoms with Crippen LogP contribution in [0.25, 0.3) is 11.1 Å². The van der Waals surface area contributed by atoms with Gasteiger partial charge in [-0.05, 0) is 167 Å². The molecule has 0 saturated heterocycles. The maximum absolute atomic E-state index is 2.62. The fraction of sp³-hybridized carbons (Fsp3) is 0.333. The Kier molecular flexibility index (Phi) is 12.9. The number of nitrogens with zero attached hydrogens (tertiary/aromatic N) is 2. The first-order valence-electron chi connectivity index (χ1n) is 27.7. The van der Waals surface area contributed by atoms with Gasteiger partial charge in [0.05, 0.1) is 0 Å². The SMILES string of the molecule is Cc1ccccc1N(c1cc2c3c(c1)N(c1ccc(C(C)(C)C)cc1)c1ccc(C(C)(C)C)cc1B3c1cc(C(C)(C)C)ccc1C(c1ccc(C(C)(C)C)cc1-c1ccc(C(C)(C)C)cc1)C2)c1ccccc1C. The molecule has 1 unspecified atom stereocenters. The second-order valence-electron chi connectivity index (χ2n) is 27.3. The lowest BCUT2D eigenvalue weighted by Crippen LogP contribution is -2.58. The summed E-state index contributed by atoms with van der Waals surface area (Å²) in [5.41, 5.74) is 27.3. The van der Waals surface area contributed by atoms with Gasteiger partial charge in [-0.25, -0.2) is 0 Å². The van der Waals surface area contributed by atoms with Crippen LogP contribution in [0, 0.1) is 13.8 Å². The first-order valence-corrected chi connectivity index (χ1v) is 27.7. The highest BCUT2D eigenvalue weighted by molar-refractivity contribution is 6.98. The van der Waals surface area contributed by atoms with Crippen molar-refractivity contribution in [3.63, 3.8) is 0 Å². The van der Waals surface area contributed by atoms with Gasteiger partial charge in [-0.1, -0.05) is 231 Å². The number of hydrogen-bond acceptors (Lipinski definition) is 2. The summed E-state index contributed by atoms with van der Waals surface area (Å²) in [5, 5.41) is 0. The predicted molar refractivity (Wildman–Crippen MR) is 327 cm³/mol. The molecular weight excluding hydrogens is 904 g/mol. The Hall–Kier alpha value is -6.58. The van der Waals surface area contributed by atoms with Crippen molar-refractivity contribution in [3.05, 3.63) is 219 Å². The van der Waals surface area contributed by atoms with E-state index in [0.717, 1.165) is 6.42 Å². The van der Waals surface area contributed by atoms with Crippen LogP contribution in [-0.2, 0) is 33.5 Å². The van der Waals surface area contributed by atoms with Crippen LogP contribution in [0.2, 0.25) is 0 Å². The zero-order valence-corrected chi connectivity index (χ0v) is 48.3. The summed E-state index contributed by atoms with van der Waals surface area (Å²) in [4.78, 5) is 5.16. The molecule has 3 heteroatoms. The molecule has 0 N–H and O–H groups in total. The topological polar surface area (TPSA) is 6.48 Å². The summed E-state index contributed by atoms with van der Waals surface area (Å²) in [6.07, 6.45) is 0.830. The molecule has 8 aromatic rings. The number of fused-ring (bicyclic) bond motifs is 4. The maximum atomic E-state index is 2.62. The van der Waals surface area contributed by atoms with E-state index in [-0.39, 0.29) is 39.7 Å². The second kappa shape index (κ2) is 18.6. The highest BCUT2D eigenvalue weighted by Gasteiger charge is 2.44. The average Bonchev–Trinajstić information content (AvgIpc) is 3.49. The predicted octanol–water partition coefficient (Wildman–Crippen LogP) is 17.9. The molecule has 75 heavy (non-hydrogen) atoms. The zero-order chi connectivity index (χ0) is 53.7. The minimum Gasteiger partial charge on any atom is -0.311 e. The number of hydrogen-bond donors (Lipinski definition) is 0. The number of benzene rings is 8. The molecule has 382 valence electrons. The summed E-state index contributed by atoms with van der Waals surface area (Å²) >= 11 is 0. The van der Waals surface area contributed by atoms with Crippen molar-refractivity contribution in [2.75, 3.05) is 9.80 Å². The van der Waals surface area contributed by atoms with E-state index in [1.807, 2.05) is 0 Å². The van der Waals surface area contributed by atoms with E-state index in [2.05, 4.69) is 291 Å². The molecular formula is C72H81BN2. The zero-order valence-electron chi connectivity index (χ0n) is 48.3. The summed E-state index contributed by atoms with van der Waals surface area (Å²) in [6.45, 7) is 39.6. The van der Waals surface area contributed by atoms with Crippen LogP contribution in [0.1, 0.15) is 165 Å². The lowest BCUT2D eigenvalue weighted by atomic mass is 9.34. The monoisotopic (exact) mass is 985 g/mol. The summed E-state index contributed by atoms with van der Waals surface area (Å²) in [6, 6.07) is 64.4. The number of anilines is 6. The molecule has 0 bridgehead atoms. The van der Waals surface area contributed by atoms with Crippen molar-refractivity contribution in [2.24, 2.45) is 0 Å². The van der Waals surface area contributed by atoms with Crippen molar-refractivity contribution in [1.29, 1.82) is 0 Å². The van der Waals surface area contributed by atoms with Gasteiger partial charge in [0.25, 0.3) is 0 Å². The van der Waals surface area contributed by atoms with Crippen LogP contribution in [0.3, 0.4) is 0 Å². The molecule has 10 rings (SSSR count). The number of aryl methyl sites for hydroxylation is 2. The average molecular weight is 985 g/mol. The third-order valence-electron chi connectivity index (χ3n) is 16.6. The van der Waals surface area contributed by atoms with Gasteiger partial charge < -0.3 is 9.80 Å². The maximum Gasteiger partial charge on any atom is 0.247 e. The smallest absolute Gasteiger partial charge is 0.247 e. The van der Waals surface area contributed by atoms with Crippen LogP contribution in [0.4, 0.5) is 34.1 Å². The number of rotatable bonds is 6. The normalized spacial score (nSPS) is 14.8. The molecule has 2 heterocycles. The van der Waals surface area contributed by atoms with Crippen molar-refractivity contribution in [1.82, 2.24) is 0 Å². The van der Waals surface area contributed by atoms with E-state index >= 15 is 0 Å². The van der Waals surface area contributed by atoms with Gasteiger partial charge in [0.15, 0.2) is 0 Å². The Labute approximate surface area is 452 Å². The van der Waals surface area contributed by atoms with Gasteiger partial charge in [0, 0.05) is 40.0 Å². The molecule has 0 saturated carbocycles. The molecule has 2 aliphatic heterocycles. The Morgan fingerprint density at radius 2 is 0.880 bits per heavy atom. The van der Waals surface area contributed by atoms with Crippen LogP contribution in [0.5, 0.6) is 0 Å². The molecule has 0 radical (unpaired) electrons. The lowest BCUT2D eigenvalue weighted by molar-refractivity contribution is 0.589. The molecule has 1 atom stereocenters. The van der Waals surface area contributed by atoms with E-state index in [1.165, 1.54) is 117 Å².